The molecule has 2 aromatic heterocycles. The van der Waals surface area contributed by atoms with Gasteiger partial charge < -0.3 is 15.1 Å². The van der Waals surface area contributed by atoms with Gasteiger partial charge in [-0.25, -0.2) is 18.2 Å². The maximum atomic E-state index is 14.3. The van der Waals surface area contributed by atoms with E-state index in [2.05, 4.69) is 20.2 Å². The van der Waals surface area contributed by atoms with Crippen LogP contribution in [0.5, 0.6) is 0 Å². The summed E-state index contributed by atoms with van der Waals surface area (Å²) in [7, 11) is 0. The molecule has 0 atom stereocenters. The number of fused-ring (bicyclic) bond motifs is 2. The van der Waals surface area contributed by atoms with Crippen LogP contribution in [0.2, 0.25) is 5.02 Å². The summed E-state index contributed by atoms with van der Waals surface area (Å²) in [5, 5.41) is 2.95. The van der Waals surface area contributed by atoms with Gasteiger partial charge in [-0.1, -0.05) is 23.7 Å². The van der Waals surface area contributed by atoms with Crippen LogP contribution in [0.1, 0.15) is 53.7 Å². The molecule has 1 saturated carbocycles. The highest BCUT2D eigenvalue weighted by Crippen LogP contribution is 2.49. The predicted octanol–water partition coefficient (Wildman–Crippen LogP) is 5.30. The van der Waals surface area contributed by atoms with Gasteiger partial charge in [0, 0.05) is 38.1 Å². The van der Waals surface area contributed by atoms with Crippen LogP contribution >= 0.6 is 11.6 Å². The number of nitrogens with zero attached hydrogens (tertiary/aromatic N) is 4. The molecular formula is C29H27ClF3N5O2. The van der Waals surface area contributed by atoms with Crippen LogP contribution in [-0.4, -0.2) is 47.5 Å². The molecule has 1 aromatic carbocycles. The Kier molecular flexibility index (Phi) is 6.90. The van der Waals surface area contributed by atoms with Crippen molar-refractivity contribution < 1.29 is 22.8 Å². The minimum Gasteiger partial charge on any atom is -0.354 e. The van der Waals surface area contributed by atoms with Crippen LogP contribution in [0.3, 0.4) is 0 Å². The molecule has 3 aromatic rings. The van der Waals surface area contributed by atoms with Crippen LogP contribution < -0.4 is 15.1 Å². The molecule has 0 unspecified atom stereocenters. The predicted molar refractivity (Wildman–Crippen MR) is 144 cm³/mol. The lowest BCUT2D eigenvalue weighted by Crippen LogP contribution is -2.64. The number of pyridine rings is 2. The van der Waals surface area contributed by atoms with E-state index >= 15 is 0 Å². The maximum Gasteiger partial charge on any atom is 0.281 e. The first-order valence-electron chi connectivity index (χ1n) is 13.3. The van der Waals surface area contributed by atoms with Crippen molar-refractivity contribution in [1.29, 1.82) is 0 Å². The second-order valence-electron chi connectivity index (χ2n) is 10.8. The van der Waals surface area contributed by atoms with Gasteiger partial charge in [0.1, 0.15) is 22.7 Å². The fourth-order valence-electron chi connectivity index (χ4n) is 6.23. The molecule has 1 spiro atoms. The number of alkyl halides is 2. The molecule has 1 aliphatic carbocycles. The first-order chi connectivity index (χ1) is 19.2. The van der Waals surface area contributed by atoms with Crippen molar-refractivity contribution in [1.82, 2.24) is 15.3 Å². The molecule has 1 saturated heterocycles. The summed E-state index contributed by atoms with van der Waals surface area (Å²) >= 11 is 5.89. The van der Waals surface area contributed by atoms with E-state index in [1.165, 1.54) is 18.2 Å². The number of hydrogen-bond acceptors (Lipinski definition) is 5. The Hall–Kier alpha value is -3.66. The normalized spacial score (nSPS) is 21.5. The van der Waals surface area contributed by atoms with Gasteiger partial charge in [-0.05, 0) is 67.5 Å². The molecule has 7 nitrogen and oxygen atoms in total. The van der Waals surface area contributed by atoms with Crippen molar-refractivity contribution >= 4 is 34.9 Å². The Morgan fingerprint density at radius 2 is 1.88 bits per heavy atom. The average molecular weight is 570 g/mol. The number of carbonyl (C=O) groups is 2. The SMILES string of the molecule is O=C(NC1CCC(CN2C(=O)C3(CN(c4ccccn4)C3)c3ccc(F)cc32)CC1)c1cc(Cl)cnc1C(F)F. The van der Waals surface area contributed by atoms with E-state index in [1.54, 1.807) is 17.2 Å². The standard InChI is InChI=1S/C29H27ClF3N5O2/c30-18-11-21(25(26(32)33)35-13-18)27(39)36-20-7-4-17(5-8-20)14-38-23-12-19(31)6-9-22(23)29(28(38)40)15-37(16-29)24-3-1-2-10-34-24/h1-3,6,9-13,17,20,26H,4-5,7-8,14-16H2,(H,36,39). The minimum atomic E-state index is -2.89. The summed E-state index contributed by atoms with van der Waals surface area (Å²) in [5.74, 6) is -0.0852. The molecular weight excluding hydrogens is 543 g/mol. The molecule has 11 heteroatoms. The molecule has 208 valence electrons. The van der Waals surface area contributed by atoms with E-state index in [4.69, 9.17) is 11.6 Å². The number of rotatable bonds is 6. The van der Waals surface area contributed by atoms with E-state index in [1.807, 2.05) is 18.2 Å². The van der Waals surface area contributed by atoms with E-state index in [-0.39, 0.29) is 34.3 Å². The first-order valence-corrected chi connectivity index (χ1v) is 13.7. The van der Waals surface area contributed by atoms with Gasteiger partial charge >= 0.3 is 0 Å². The highest BCUT2D eigenvalue weighted by atomic mass is 35.5. The average Bonchev–Trinajstić information content (AvgIpc) is 3.16. The Labute approximate surface area is 234 Å². The summed E-state index contributed by atoms with van der Waals surface area (Å²) in [5.41, 5.74) is -0.0813. The lowest BCUT2D eigenvalue weighted by Gasteiger charge is -2.47. The summed E-state index contributed by atoms with van der Waals surface area (Å²) < 4.78 is 41.0. The molecule has 2 aliphatic heterocycles. The first kappa shape index (κ1) is 26.6. The zero-order chi connectivity index (χ0) is 28.0. The number of halogens is 4. The Morgan fingerprint density at radius 3 is 2.58 bits per heavy atom. The van der Waals surface area contributed by atoms with Crippen molar-refractivity contribution in [3.8, 4) is 0 Å². The zero-order valence-corrected chi connectivity index (χ0v) is 22.3. The number of benzene rings is 1. The fourth-order valence-corrected chi connectivity index (χ4v) is 6.38. The summed E-state index contributed by atoms with van der Waals surface area (Å²) in [4.78, 5) is 38.4. The second-order valence-corrected chi connectivity index (χ2v) is 11.2. The third-order valence-electron chi connectivity index (χ3n) is 8.27. The molecule has 40 heavy (non-hydrogen) atoms. The number of amides is 2. The van der Waals surface area contributed by atoms with Crippen LogP contribution in [0, 0.1) is 11.7 Å². The monoisotopic (exact) mass is 569 g/mol. The summed E-state index contributed by atoms with van der Waals surface area (Å²) in [6.45, 7) is 1.42. The number of anilines is 2. The van der Waals surface area contributed by atoms with Crippen LogP contribution in [0.25, 0.3) is 0 Å². The number of carbonyl (C=O) groups excluding carboxylic acids is 2. The number of hydrogen-bond donors (Lipinski definition) is 1. The summed E-state index contributed by atoms with van der Waals surface area (Å²) in [6, 6.07) is 11.2. The highest BCUT2D eigenvalue weighted by molar-refractivity contribution is 6.30. The van der Waals surface area contributed by atoms with Crippen LogP contribution in [0.4, 0.5) is 24.7 Å². The molecule has 0 bridgehead atoms. The van der Waals surface area contributed by atoms with Crippen molar-refractivity contribution in [2.45, 2.75) is 43.6 Å². The topological polar surface area (TPSA) is 78.4 Å². The quantitative estimate of drug-likeness (QED) is 0.436. The maximum absolute atomic E-state index is 14.3. The van der Waals surface area contributed by atoms with Crippen molar-refractivity contribution in [3.05, 3.63) is 82.5 Å². The third-order valence-corrected chi connectivity index (χ3v) is 8.48. The lowest BCUT2D eigenvalue weighted by atomic mass is 9.74. The Bertz CT molecular complexity index is 1440. The van der Waals surface area contributed by atoms with Gasteiger partial charge in [0.05, 0.1) is 16.3 Å². The van der Waals surface area contributed by atoms with Crippen molar-refractivity contribution in [3.63, 3.8) is 0 Å². The third kappa shape index (κ3) is 4.68. The number of nitrogens with one attached hydrogen (secondary N) is 1. The van der Waals surface area contributed by atoms with Gasteiger partial charge in [0.25, 0.3) is 12.3 Å². The van der Waals surface area contributed by atoms with E-state index in [9.17, 15) is 22.8 Å². The van der Waals surface area contributed by atoms with Gasteiger partial charge in [-0.3, -0.25) is 14.6 Å². The molecule has 3 aliphatic rings. The molecule has 2 amide bonds. The Morgan fingerprint density at radius 1 is 1.10 bits per heavy atom. The van der Waals surface area contributed by atoms with Crippen LogP contribution in [-0.2, 0) is 10.2 Å². The van der Waals surface area contributed by atoms with Crippen LogP contribution in [0.15, 0.2) is 54.9 Å². The Balaban J connectivity index is 1.11. The molecule has 0 radical (unpaired) electrons. The van der Waals surface area contributed by atoms with E-state index in [0.717, 1.165) is 30.4 Å². The summed E-state index contributed by atoms with van der Waals surface area (Å²) in [6.07, 6.45) is 2.63. The molecule has 4 heterocycles. The van der Waals surface area contributed by atoms with Crippen molar-refractivity contribution in [2.24, 2.45) is 5.92 Å². The van der Waals surface area contributed by atoms with Gasteiger partial charge in [0.2, 0.25) is 5.91 Å². The molecule has 6 rings (SSSR count). The number of aromatic nitrogens is 2. The van der Waals surface area contributed by atoms with Gasteiger partial charge in [-0.15, -0.1) is 0 Å². The fraction of sp³-hybridized carbons (Fsp3) is 0.379. The molecule has 1 N–H and O–H groups in total. The largest absolute Gasteiger partial charge is 0.354 e. The van der Waals surface area contributed by atoms with E-state index in [0.29, 0.717) is 38.2 Å². The van der Waals surface area contributed by atoms with Crippen molar-refractivity contribution in [2.75, 3.05) is 29.4 Å². The minimum absolute atomic E-state index is 0.0244. The zero-order valence-electron chi connectivity index (χ0n) is 21.5. The molecule has 2 fully saturated rings. The lowest BCUT2D eigenvalue weighted by molar-refractivity contribution is -0.124. The van der Waals surface area contributed by atoms with Gasteiger partial charge in [-0.2, -0.15) is 0 Å². The smallest absolute Gasteiger partial charge is 0.281 e. The van der Waals surface area contributed by atoms with Gasteiger partial charge in [0.15, 0.2) is 0 Å². The second kappa shape index (κ2) is 10.4. The van der Waals surface area contributed by atoms with E-state index < -0.39 is 23.4 Å². The highest BCUT2D eigenvalue weighted by Gasteiger charge is 2.58.